The average molecular weight is 516 g/mol. The van der Waals surface area contributed by atoms with E-state index in [0.717, 1.165) is 5.56 Å². The minimum atomic E-state index is -3.64. The highest BCUT2D eigenvalue weighted by atomic mass is 32.2. The van der Waals surface area contributed by atoms with Gasteiger partial charge in [0.05, 0.1) is 13.3 Å². The molecule has 2 aliphatic rings. The van der Waals surface area contributed by atoms with E-state index >= 15 is 0 Å². The highest BCUT2D eigenvalue weighted by molar-refractivity contribution is 7.94. The van der Waals surface area contributed by atoms with E-state index in [1.54, 1.807) is 12.2 Å². The Balaban J connectivity index is 1.83. The van der Waals surface area contributed by atoms with E-state index in [1.807, 2.05) is 44.2 Å². The van der Waals surface area contributed by atoms with E-state index in [4.69, 9.17) is 4.74 Å². The molecule has 0 saturated carbocycles. The number of esters is 1. The molecule has 0 spiro atoms. The molecule has 0 radical (unpaired) electrons. The molecule has 10 heteroatoms. The standard InChI is InChI=1S/C26H33N3O6S/c1-17(2)13-22(26(32)35-3)28-25(31)20-10-9-18(14-21(20)19-7-5-4-6-8-19)15-36(33,34)16-27-23-11-12-24(30)29-23/h4-8,10,14-15,17,22-23,27H,9,11-13,16H2,1-3H3,(H,28,31)(H,29,30)/t22-,23+/m0/s1. The summed E-state index contributed by atoms with van der Waals surface area (Å²) in [6, 6.07) is 8.38. The van der Waals surface area contributed by atoms with Crippen molar-refractivity contribution < 1.29 is 27.5 Å². The second-order valence-electron chi connectivity index (χ2n) is 9.29. The topological polar surface area (TPSA) is 131 Å². The number of allylic oxidation sites excluding steroid dienone is 3. The van der Waals surface area contributed by atoms with E-state index in [9.17, 15) is 22.8 Å². The van der Waals surface area contributed by atoms with Gasteiger partial charge in [-0.25, -0.2) is 13.2 Å². The van der Waals surface area contributed by atoms with Crippen molar-refractivity contribution >= 4 is 33.2 Å². The minimum absolute atomic E-state index is 0.107. The second-order valence-corrected chi connectivity index (χ2v) is 11.1. The third-order valence-corrected chi connectivity index (χ3v) is 7.08. The molecule has 2 atom stereocenters. The first-order chi connectivity index (χ1) is 17.1. The number of nitrogens with one attached hydrogen (secondary N) is 3. The first-order valence-electron chi connectivity index (χ1n) is 11.9. The van der Waals surface area contributed by atoms with E-state index in [2.05, 4.69) is 16.0 Å². The Morgan fingerprint density at radius 1 is 1.22 bits per heavy atom. The van der Waals surface area contributed by atoms with E-state index in [-0.39, 0.29) is 30.3 Å². The van der Waals surface area contributed by atoms with Crippen molar-refractivity contribution in [3.8, 4) is 0 Å². The summed E-state index contributed by atoms with van der Waals surface area (Å²) in [5.74, 6) is -1.21. The zero-order chi connectivity index (χ0) is 26.3. The van der Waals surface area contributed by atoms with Gasteiger partial charge in [0.2, 0.25) is 5.91 Å². The van der Waals surface area contributed by atoms with Gasteiger partial charge in [-0.1, -0.05) is 50.3 Å². The van der Waals surface area contributed by atoms with Gasteiger partial charge in [0.15, 0.2) is 9.84 Å². The first kappa shape index (κ1) is 27.3. The van der Waals surface area contributed by atoms with Crippen LogP contribution in [0.3, 0.4) is 0 Å². The Morgan fingerprint density at radius 3 is 2.56 bits per heavy atom. The molecule has 194 valence electrons. The summed E-state index contributed by atoms with van der Waals surface area (Å²) in [4.78, 5) is 36.8. The molecule has 0 aromatic heterocycles. The molecule has 1 heterocycles. The fourth-order valence-electron chi connectivity index (χ4n) is 4.13. The van der Waals surface area contributed by atoms with Crippen LogP contribution in [-0.4, -0.2) is 51.4 Å². The summed E-state index contributed by atoms with van der Waals surface area (Å²) in [5, 5.41) is 9.52. The lowest BCUT2D eigenvalue weighted by Gasteiger charge is -2.22. The number of carbonyl (C=O) groups is 3. The Labute approximate surface area is 212 Å². The van der Waals surface area contributed by atoms with E-state index in [0.29, 0.717) is 36.0 Å². The number of ether oxygens (including phenoxy) is 1. The zero-order valence-electron chi connectivity index (χ0n) is 20.7. The number of hydrogen-bond acceptors (Lipinski definition) is 7. The van der Waals surface area contributed by atoms with Gasteiger partial charge in [0.25, 0.3) is 5.91 Å². The van der Waals surface area contributed by atoms with E-state index in [1.165, 1.54) is 12.5 Å². The highest BCUT2D eigenvalue weighted by Crippen LogP contribution is 2.31. The lowest BCUT2D eigenvalue weighted by atomic mass is 9.89. The van der Waals surface area contributed by atoms with Gasteiger partial charge in [-0.2, -0.15) is 0 Å². The van der Waals surface area contributed by atoms with Gasteiger partial charge in [-0.05, 0) is 48.0 Å². The number of benzene rings is 1. The number of carbonyl (C=O) groups excluding carboxylic acids is 3. The van der Waals surface area contributed by atoms with Gasteiger partial charge in [0.1, 0.15) is 11.9 Å². The largest absolute Gasteiger partial charge is 0.467 e. The molecular weight excluding hydrogens is 482 g/mol. The molecule has 1 fully saturated rings. The van der Waals surface area contributed by atoms with Crippen LogP contribution in [0.15, 0.2) is 59.0 Å². The van der Waals surface area contributed by atoms with Gasteiger partial charge < -0.3 is 15.4 Å². The molecule has 0 unspecified atom stereocenters. The van der Waals surface area contributed by atoms with Gasteiger partial charge in [-0.15, -0.1) is 0 Å². The smallest absolute Gasteiger partial charge is 0.328 e. The molecular formula is C26H33N3O6S. The molecule has 3 N–H and O–H groups in total. The molecule has 1 saturated heterocycles. The van der Waals surface area contributed by atoms with E-state index < -0.39 is 27.8 Å². The fourth-order valence-corrected chi connectivity index (χ4v) is 5.27. The maximum atomic E-state index is 13.3. The SMILES string of the molecule is COC(=O)[C@H](CC(C)C)NC(=O)C1=CCC(=CS(=O)(=O)CN[C@H]2CCC(=O)N2)C=C1c1ccccc1. The molecule has 1 aromatic carbocycles. The van der Waals surface area contributed by atoms with Crippen LogP contribution in [-0.2, 0) is 29.0 Å². The van der Waals surface area contributed by atoms with Crippen molar-refractivity contribution in [1.29, 1.82) is 0 Å². The summed E-state index contributed by atoms with van der Waals surface area (Å²) >= 11 is 0. The third kappa shape index (κ3) is 7.63. The summed E-state index contributed by atoms with van der Waals surface area (Å²) in [7, 11) is -2.35. The summed E-state index contributed by atoms with van der Waals surface area (Å²) < 4.78 is 30.3. The minimum Gasteiger partial charge on any atom is -0.467 e. The summed E-state index contributed by atoms with van der Waals surface area (Å²) in [5.41, 5.74) is 2.19. The molecule has 1 aliphatic carbocycles. The van der Waals surface area contributed by atoms with Crippen LogP contribution in [0.25, 0.3) is 5.57 Å². The molecule has 3 rings (SSSR count). The van der Waals surface area contributed by atoms with Gasteiger partial charge >= 0.3 is 5.97 Å². The van der Waals surface area contributed by atoms with Gasteiger partial charge in [0, 0.05) is 17.4 Å². The normalized spacial score (nSPS) is 19.9. The van der Waals surface area contributed by atoms with Crippen molar-refractivity contribution in [2.24, 2.45) is 5.92 Å². The molecule has 0 bridgehead atoms. The Kier molecular flexibility index (Phi) is 9.22. The number of sulfone groups is 1. The van der Waals surface area contributed by atoms with Crippen molar-refractivity contribution in [3.63, 3.8) is 0 Å². The van der Waals surface area contributed by atoms with Crippen LogP contribution in [0.4, 0.5) is 0 Å². The Morgan fingerprint density at radius 2 is 1.94 bits per heavy atom. The van der Waals surface area contributed by atoms with Crippen LogP contribution in [0.1, 0.15) is 45.1 Å². The number of rotatable bonds is 10. The number of hydrogen-bond donors (Lipinski definition) is 3. The van der Waals surface area contributed by atoms with Crippen molar-refractivity contribution in [2.45, 2.75) is 51.7 Å². The molecule has 36 heavy (non-hydrogen) atoms. The monoisotopic (exact) mass is 515 g/mol. The van der Waals surface area contributed by atoms with Crippen molar-refractivity contribution in [3.05, 3.63) is 64.6 Å². The maximum absolute atomic E-state index is 13.3. The van der Waals surface area contributed by atoms with Crippen molar-refractivity contribution in [2.75, 3.05) is 13.0 Å². The summed E-state index contributed by atoms with van der Waals surface area (Å²) in [6.45, 7) is 3.90. The average Bonchev–Trinajstić information content (AvgIpc) is 3.27. The Hall–Kier alpha value is -3.24. The number of methoxy groups -OCH3 is 1. The van der Waals surface area contributed by atoms with Crippen LogP contribution in [0.2, 0.25) is 0 Å². The maximum Gasteiger partial charge on any atom is 0.328 e. The lowest BCUT2D eigenvalue weighted by molar-refractivity contribution is -0.145. The predicted octanol–water partition coefficient (Wildman–Crippen LogP) is 2.19. The molecule has 1 aromatic rings. The van der Waals surface area contributed by atoms with Crippen LogP contribution >= 0.6 is 0 Å². The second kappa shape index (κ2) is 12.1. The lowest BCUT2D eigenvalue weighted by Crippen LogP contribution is -2.43. The van der Waals surface area contributed by atoms with Crippen LogP contribution in [0.5, 0.6) is 0 Å². The highest BCUT2D eigenvalue weighted by Gasteiger charge is 2.27. The third-order valence-electron chi connectivity index (χ3n) is 5.85. The molecule has 2 amide bonds. The predicted molar refractivity (Wildman–Crippen MR) is 137 cm³/mol. The first-order valence-corrected chi connectivity index (χ1v) is 13.6. The van der Waals surface area contributed by atoms with Gasteiger partial charge in [-0.3, -0.25) is 14.9 Å². The quantitative estimate of drug-likeness (QED) is 0.407. The Bertz CT molecular complexity index is 1190. The fraction of sp³-hybridized carbons (Fsp3) is 0.423. The zero-order valence-corrected chi connectivity index (χ0v) is 21.6. The van der Waals surface area contributed by atoms with Crippen LogP contribution < -0.4 is 16.0 Å². The molecule has 9 nitrogen and oxygen atoms in total. The number of amides is 2. The van der Waals surface area contributed by atoms with Crippen LogP contribution in [0, 0.1) is 5.92 Å². The molecule has 1 aliphatic heterocycles. The van der Waals surface area contributed by atoms with Crippen molar-refractivity contribution in [1.82, 2.24) is 16.0 Å². The summed E-state index contributed by atoms with van der Waals surface area (Å²) in [6.07, 6.45) is 4.55.